The first kappa shape index (κ1) is 12.8. The second-order valence-electron chi connectivity index (χ2n) is 5.56. The molecular weight excluding hydrogens is 228 g/mol. The second-order valence-corrected chi connectivity index (χ2v) is 5.56. The molecule has 1 aliphatic heterocycles. The summed E-state index contributed by atoms with van der Waals surface area (Å²) in [6, 6.07) is 4.02. The maximum Gasteiger partial charge on any atom is 0.320 e. The Kier molecular flexibility index (Phi) is 3.26. The van der Waals surface area contributed by atoms with E-state index in [1.54, 1.807) is 17.3 Å². The fourth-order valence-electron chi connectivity index (χ4n) is 2.30. The van der Waals surface area contributed by atoms with Gasteiger partial charge in [-0.05, 0) is 31.5 Å². The molecule has 0 saturated carbocycles. The molecule has 1 unspecified atom stereocenters. The van der Waals surface area contributed by atoms with Crippen LogP contribution in [0.15, 0.2) is 24.5 Å². The predicted octanol–water partition coefficient (Wildman–Crippen LogP) is 1.23. The molecule has 1 atom stereocenters. The van der Waals surface area contributed by atoms with Crippen LogP contribution in [0.4, 0.5) is 4.79 Å². The average molecular weight is 248 g/mol. The molecule has 0 aliphatic carbocycles. The number of rotatable bonds is 3. The van der Waals surface area contributed by atoms with E-state index in [4.69, 9.17) is 5.73 Å². The van der Waals surface area contributed by atoms with E-state index >= 15 is 0 Å². The van der Waals surface area contributed by atoms with E-state index in [0.717, 1.165) is 5.56 Å². The van der Waals surface area contributed by atoms with Gasteiger partial charge in [0.05, 0.1) is 6.04 Å². The lowest BCUT2D eigenvalue weighted by molar-refractivity contribution is 0.188. The van der Waals surface area contributed by atoms with Crippen LogP contribution in [0.1, 0.15) is 25.5 Å². The smallest absolute Gasteiger partial charge is 0.320 e. The van der Waals surface area contributed by atoms with Gasteiger partial charge in [0.2, 0.25) is 0 Å². The minimum atomic E-state index is -0.371. The normalized spacial score (nSPS) is 20.7. The van der Waals surface area contributed by atoms with Crippen LogP contribution in [0.25, 0.3) is 0 Å². The highest BCUT2D eigenvalue weighted by atomic mass is 16.2. The Morgan fingerprint density at radius 1 is 1.44 bits per heavy atom. The van der Waals surface area contributed by atoms with E-state index < -0.39 is 0 Å². The van der Waals surface area contributed by atoms with E-state index in [1.165, 1.54) is 0 Å². The Balaban J connectivity index is 2.15. The number of amides is 2. The van der Waals surface area contributed by atoms with Crippen molar-refractivity contribution >= 4 is 6.03 Å². The molecule has 2 heterocycles. The van der Waals surface area contributed by atoms with Crippen LogP contribution in [-0.2, 0) is 0 Å². The zero-order valence-corrected chi connectivity index (χ0v) is 11.1. The van der Waals surface area contributed by atoms with Crippen LogP contribution in [0, 0.1) is 0 Å². The zero-order valence-electron chi connectivity index (χ0n) is 11.1. The van der Waals surface area contributed by atoms with E-state index in [0.29, 0.717) is 13.1 Å². The van der Waals surface area contributed by atoms with Crippen molar-refractivity contribution in [2.45, 2.75) is 25.4 Å². The molecule has 2 amide bonds. The SMILES string of the molecule is CN1C(=O)N(CC(C)(C)N)CC1c1ccncc1. The summed E-state index contributed by atoms with van der Waals surface area (Å²) >= 11 is 0. The Bertz CT molecular complexity index is 426. The molecule has 1 fully saturated rings. The quantitative estimate of drug-likeness (QED) is 0.875. The molecule has 0 bridgehead atoms. The van der Waals surface area contributed by atoms with Gasteiger partial charge in [-0.15, -0.1) is 0 Å². The lowest BCUT2D eigenvalue weighted by Crippen LogP contribution is -2.46. The third kappa shape index (κ3) is 2.61. The third-order valence-electron chi connectivity index (χ3n) is 3.12. The van der Waals surface area contributed by atoms with Gasteiger partial charge in [0.15, 0.2) is 0 Å². The van der Waals surface area contributed by atoms with Gasteiger partial charge in [-0.25, -0.2) is 4.79 Å². The standard InChI is InChI=1S/C13H20N4O/c1-13(2,14)9-17-8-11(16(3)12(17)18)10-4-6-15-7-5-10/h4-7,11H,8-9,14H2,1-3H3. The lowest BCUT2D eigenvalue weighted by Gasteiger charge is -2.25. The average Bonchev–Trinajstić information content (AvgIpc) is 2.57. The van der Waals surface area contributed by atoms with Crippen LogP contribution >= 0.6 is 0 Å². The predicted molar refractivity (Wildman–Crippen MR) is 70.0 cm³/mol. The Morgan fingerprint density at radius 2 is 2.06 bits per heavy atom. The van der Waals surface area contributed by atoms with Gasteiger partial charge in [0.1, 0.15) is 0 Å². The van der Waals surface area contributed by atoms with E-state index in [2.05, 4.69) is 4.98 Å². The first-order chi connectivity index (χ1) is 8.38. The Hall–Kier alpha value is -1.62. The monoisotopic (exact) mass is 248 g/mol. The van der Waals surface area contributed by atoms with Gasteiger partial charge < -0.3 is 15.5 Å². The van der Waals surface area contributed by atoms with Gasteiger partial charge >= 0.3 is 6.03 Å². The van der Waals surface area contributed by atoms with Crippen LogP contribution in [0.5, 0.6) is 0 Å². The molecule has 2 N–H and O–H groups in total. The minimum Gasteiger partial charge on any atom is -0.324 e. The summed E-state index contributed by atoms with van der Waals surface area (Å²) in [5.41, 5.74) is 6.72. The second kappa shape index (κ2) is 4.57. The fourth-order valence-corrected chi connectivity index (χ4v) is 2.30. The number of nitrogens with two attached hydrogens (primary N) is 1. The van der Waals surface area contributed by atoms with Crippen molar-refractivity contribution in [3.63, 3.8) is 0 Å². The molecule has 1 aliphatic rings. The van der Waals surface area contributed by atoms with Gasteiger partial charge in [-0.3, -0.25) is 4.98 Å². The van der Waals surface area contributed by atoms with Crippen LogP contribution in [0.3, 0.4) is 0 Å². The van der Waals surface area contributed by atoms with Crippen LogP contribution in [-0.4, -0.2) is 46.5 Å². The largest absolute Gasteiger partial charge is 0.324 e. The number of hydrogen-bond donors (Lipinski definition) is 1. The number of carbonyl (C=O) groups excluding carboxylic acids is 1. The first-order valence-corrected chi connectivity index (χ1v) is 6.09. The summed E-state index contributed by atoms with van der Waals surface area (Å²) in [5, 5.41) is 0. The molecular formula is C13H20N4O. The number of pyridine rings is 1. The van der Waals surface area contributed by atoms with Crippen molar-refractivity contribution in [1.29, 1.82) is 0 Å². The molecule has 1 saturated heterocycles. The summed E-state index contributed by atoms with van der Waals surface area (Å²) in [7, 11) is 1.83. The number of urea groups is 1. The van der Waals surface area contributed by atoms with Crippen LogP contribution in [0.2, 0.25) is 0 Å². The number of aromatic nitrogens is 1. The van der Waals surface area contributed by atoms with Crippen molar-refractivity contribution in [3.8, 4) is 0 Å². The van der Waals surface area contributed by atoms with Crippen molar-refractivity contribution in [1.82, 2.24) is 14.8 Å². The van der Waals surface area contributed by atoms with Gasteiger partial charge in [0.25, 0.3) is 0 Å². The molecule has 5 nitrogen and oxygen atoms in total. The van der Waals surface area contributed by atoms with E-state index in [-0.39, 0.29) is 17.6 Å². The highest BCUT2D eigenvalue weighted by Crippen LogP contribution is 2.28. The Labute approximate surface area is 108 Å². The highest BCUT2D eigenvalue weighted by Gasteiger charge is 2.37. The van der Waals surface area contributed by atoms with E-state index in [1.807, 2.05) is 37.9 Å². The van der Waals surface area contributed by atoms with Crippen molar-refractivity contribution in [3.05, 3.63) is 30.1 Å². The molecule has 0 spiro atoms. The van der Waals surface area contributed by atoms with E-state index in [9.17, 15) is 4.79 Å². The van der Waals surface area contributed by atoms with Gasteiger partial charge in [0, 0.05) is 38.1 Å². The highest BCUT2D eigenvalue weighted by molar-refractivity contribution is 5.77. The van der Waals surface area contributed by atoms with Crippen molar-refractivity contribution in [2.24, 2.45) is 5.73 Å². The summed E-state index contributed by atoms with van der Waals surface area (Å²) in [4.78, 5) is 19.7. The molecule has 5 heteroatoms. The summed E-state index contributed by atoms with van der Waals surface area (Å²) in [6.45, 7) is 5.11. The van der Waals surface area contributed by atoms with Crippen LogP contribution < -0.4 is 5.73 Å². The Morgan fingerprint density at radius 3 is 2.61 bits per heavy atom. The zero-order chi connectivity index (χ0) is 13.3. The fraction of sp³-hybridized carbons (Fsp3) is 0.538. The van der Waals surface area contributed by atoms with Gasteiger partial charge in [-0.1, -0.05) is 0 Å². The molecule has 1 aromatic heterocycles. The molecule has 0 aromatic carbocycles. The maximum atomic E-state index is 12.1. The van der Waals surface area contributed by atoms with Crippen molar-refractivity contribution in [2.75, 3.05) is 20.1 Å². The van der Waals surface area contributed by atoms with Gasteiger partial charge in [-0.2, -0.15) is 0 Å². The number of nitrogens with zero attached hydrogens (tertiary/aromatic N) is 3. The summed E-state index contributed by atoms with van der Waals surface area (Å²) < 4.78 is 0. The summed E-state index contributed by atoms with van der Waals surface area (Å²) in [5.74, 6) is 0. The molecule has 1 aromatic rings. The molecule has 2 rings (SSSR count). The maximum absolute atomic E-state index is 12.1. The molecule has 0 radical (unpaired) electrons. The first-order valence-electron chi connectivity index (χ1n) is 6.09. The summed E-state index contributed by atoms with van der Waals surface area (Å²) in [6.07, 6.45) is 3.51. The molecule has 98 valence electrons. The number of carbonyl (C=O) groups is 1. The topological polar surface area (TPSA) is 62.5 Å². The number of likely N-dealkylation sites (N-methyl/N-ethyl adjacent to an activating group) is 1. The van der Waals surface area contributed by atoms with Crippen molar-refractivity contribution < 1.29 is 4.79 Å². The molecule has 18 heavy (non-hydrogen) atoms. The minimum absolute atomic E-state index is 0.0373. The third-order valence-corrected chi connectivity index (χ3v) is 3.12. The number of hydrogen-bond acceptors (Lipinski definition) is 3. The lowest BCUT2D eigenvalue weighted by atomic mass is 10.1.